The third-order valence-electron chi connectivity index (χ3n) is 2.61. The zero-order chi connectivity index (χ0) is 15.5. The summed E-state index contributed by atoms with van der Waals surface area (Å²) in [6.45, 7) is -0.100. The van der Waals surface area contributed by atoms with E-state index in [4.69, 9.17) is 15.7 Å². The van der Waals surface area contributed by atoms with Crippen LogP contribution in [-0.4, -0.2) is 41.1 Å². The van der Waals surface area contributed by atoms with Crippen LogP contribution in [0.15, 0.2) is 29.4 Å². The monoisotopic (exact) mass is 319 g/mol. The molecule has 0 saturated carbocycles. The Morgan fingerprint density at radius 1 is 1.45 bits per heavy atom. The quantitative estimate of drug-likeness (QED) is 0.506. The predicted molar refractivity (Wildman–Crippen MR) is 77.1 cm³/mol. The molecule has 0 aliphatic carbocycles. The van der Waals surface area contributed by atoms with Gasteiger partial charge in [0.2, 0.25) is 18.3 Å². The molecule has 1 aromatic carbocycles. The van der Waals surface area contributed by atoms with Crippen molar-refractivity contribution in [2.75, 3.05) is 5.73 Å². The molecular weight excluding hydrogens is 310 g/mol. The second-order valence-corrected chi connectivity index (χ2v) is 4.82. The second kappa shape index (κ2) is 5.73. The van der Waals surface area contributed by atoms with Crippen molar-refractivity contribution in [2.24, 2.45) is 5.16 Å². The molecule has 0 spiro atoms. The molecule has 3 rings (SSSR count). The number of hydrogen-bond donors (Lipinski definition) is 2. The lowest BCUT2D eigenvalue weighted by molar-refractivity contribution is -0.129. The van der Waals surface area contributed by atoms with E-state index in [0.29, 0.717) is 5.52 Å². The number of carbonyl (C=O) groups is 1. The number of nitrogens with two attached hydrogens (primary N) is 1. The number of benzene rings is 1. The minimum Gasteiger partial charge on any atom is -0.476 e. The van der Waals surface area contributed by atoms with Gasteiger partial charge in [0.1, 0.15) is 5.52 Å². The van der Waals surface area contributed by atoms with E-state index >= 15 is 0 Å². The molecule has 0 amide bonds. The van der Waals surface area contributed by atoms with Gasteiger partial charge in [0.15, 0.2) is 5.13 Å². The first-order valence-corrected chi connectivity index (χ1v) is 6.73. The fourth-order valence-corrected chi connectivity index (χ4v) is 2.10. The van der Waals surface area contributed by atoms with Gasteiger partial charge in [-0.25, -0.2) is 9.48 Å². The molecule has 0 aliphatic heterocycles. The molecule has 0 bridgehead atoms. The normalized spacial score (nSPS) is 11.7. The number of hydrogen-bond acceptors (Lipinski definition) is 9. The van der Waals surface area contributed by atoms with Crippen molar-refractivity contribution in [1.82, 2.24) is 24.4 Å². The molecule has 2 heterocycles. The fourth-order valence-electron chi connectivity index (χ4n) is 1.67. The second-order valence-electron chi connectivity index (χ2n) is 4.04. The number of carboxylic acids is 1. The molecule has 22 heavy (non-hydrogen) atoms. The average molecular weight is 319 g/mol. The predicted octanol–water partition coefficient (Wildman–Crippen LogP) is 0.328. The summed E-state index contributed by atoms with van der Waals surface area (Å²) in [6, 6.07) is 7.27. The molecule has 0 saturated heterocycles. The van der Waals surface area contributed by atoms with Crippen LogP contribution in [0, 0.1) is 0 Å². The van der Waals surface area contributed by atoms with Gasteiger partial charge < -0.3 is 15.7 Å². The third kappa shape index (κ3) is 2.69. The van der Waals surface area contributed by atoms with Gasteiger partial charge in [0.25, 0.3) is 0 Å². The van der Waals surface area contributed by atoms with Gasteiger partial charge in [-0.15, -0.1) is 5.10 Å². The Morgan fingerprint density at radius 2 is 2.27 bits per heavy atom. The Balaban J connectivity index is 1.78. The number of para-hydroxylation sites is 1. The van der Waals surface area contributed by atoms with Gasteiger partial charge in [0.05, 0.1) is 5.52 Å². The Hall–Kier alpha value is -3.08. The summed E-state index contributed by atoms with van der Waals surface area (Å²) in [7, 11) is 0. The van der Waals surface area contributed by atoms with E-state index in [9.17, 15) is 4.79 Å². The van der Waals surface area contributed by atoms with Gasteiger partial charge >= 0.3 is 5.97 Å². The highest BCUT2D eigenvalue weighted by Gasteiger charge is 2.19. The summed E-state index contributed by atoms with van der Waals surface area (Å²) in [5.74, 6) is -1.42. The van der Waals surface area contributed by atoms with Gasteiger partial charge in [0, 0.05) is 11.5 Å². The number of nitrogen functional groups attached to an aromatic ring is 1. The number of rotatable bonds is 5. The molecule has 0 fully saturated rings. The van der Waals surface area contributed by atoms with Crippen LogP contribution in [-0.2, 0) is 16.4 Å². The molecule has 10 nitrogen and oxygen atoms in total. The third-order valence-corrected chi connectivity index (χ3v) is 3.15. The van der Waals surface area contributed by atoms with E-state index in [-0.39, 0.29) is 17.7 Å². The fraction of sp³-hybridized carbons (Fsp3) is 0.0909. The van der Waals surface area contributed by atoms with Crippen molar-refractivity contribution in [3.63, 3.8) is 0 Å². The molecule has 0 aliphatic rings. The Kier molecular flexibility index (Phi) is 3.62. The average Bonchev–Trinajstić information content (AvgIpc) is 3.10. The molecule has 2 aromatic heterocycles. The summed E-state index contributed by atoms with van der Waals surface area (Å²) in [6.07, 6.45) is 0. The molecule has 3 N–H and O–H groups in total. The highest BCUT2D eigenvalue weighted by Crippen LogP contribution is 2.10. The number of oxime groups is 1. The van der Waals surface area contributed by atoms with Crippen molar-refractivity contribution >= 4 is 39.4 Å². The first kappa shape index (κ1) is 13.9. The van der Waals surface area contributed by atoms with Crippen LogP contribution in [0.5, 0.6) is 0 Å². The lowest BCUT2D eigenvalue weighted by atomic mass is 10.3. The van der Waals surface area contributed by atoms with Crippen molar-refractivity contribution in [2.45, 2.75) is 6.73 Å². The van der Waals surface area contributed by atoms with Crippen LogP contribution in [0.25, 0.3) is 11.0 Å². The first-order valence-electron chi connectivity index (χ1n) is 5.96. The number of anilines is 1. The zero-order valence-electron chi connectivity index (χ0n) is 10.9. The van der Waals surface area contributed by atoms with Crippen LogP contribution >= 0.6 is 11.5 Å². The Morgan fingerprint density at radius 3 is 3.00 bits per heavy atom. The van der Waals surface area contributed by atoms with Crippen molar-refractivity contribution < 1.29 is 14.7 Å². The molecule has 0 atom stereocenters. The van der Waals surface area contributed by atoms with Gasteiger partial charge in [-0.05, 0) is 12.1 Å². The van der Waals surface area contributed by atoms with E-state index in [1.54, 1.807) is 6.07 Å². The highest BCUT2D eigenvalue weighted by atomic mass is 32.1. The SMILES string of the molecule is Nc1nc(C(=NOCn2nnc3ccccc32)C(=O)O)ns1. The summed E-state index contributed by atoms with van der Waals surface area (Å²) in [5, 5.41) is 20.6. The molecule has 11 heteroatoms. The Bertz CT molecular complexity index is 856. The van der Waals surface area contributed by atoms with Crippen LogP contribution in [0.1, 0.15) is 5.82 Å². The largest absolute Gasteiger partial charge is 0.476 e. The minimum absolute atomic E-state index is 0.0987. The number of fused-ring (bicyclic) bond motifs is 1. The van der Waals surface area contributed by atoms with E-state index in [2.05, 4.69) is 24.8 Å². The number of aromatic nitrogens is 5. The number of nitrogens with zero attached hydrogens (tertiary/aromatic N) is 6. The van der Waals surface area contributed by atoms with Gasteiger partial charge in [-0.3, -0.25) is 0 Å². The van der Waals surface area contributed by atoms with Crippen molar-refractivity contribution in [3.05, 3.63) is 30.1 Å². The first-order chi connectivity index (χ1) is 10.6. The van der Waals surface area contributed by atoms with E-state index in [0.717, 1.165) is 17.0 Å². The summed E-state index contributed by atoms with van der Waals surface area (Å²) < 4.78 is 5.23. The molecule has 3 aromatic rings. The molecule has 0 unspecified atom stereocenters. The zero-order valence-corrected chi connectivity index (χ0v) is 11.8. The smallest absolute Gasteiger partial charge is 0.362 e. The summed E-state index contributed by atoms with van der Waals surface area (Å²) in [4.78, 5) is 19.9. The summed E-state index contributed by atoms with van der Waals surface area (Å²) in [5.41, 5.74) is 6.42. The van der Waals surface area contributed by atoms with Gasteiger partial charge in [-0.2, -0.15) is 9.36 Å². The van der Waals surface area contributed by atoms with E-state index in [1.807, 2.05) is 18.2 Å². The van der Waals surface area contributed by atoms with Gasteiger partial charge in [-0.1, -0.05) is 22.5 Å². The molecular formula is C11H9N7O3S. The van der Waals surface area contributed by atoms with Crippen LogP contribution in [0.4, 0.5) is 5.13 Å². The topological polar surface area (TPSA) is 141 Å². The summed E-state index contributed by atoms with van der Waals surface area (Å²) >= 11 is 0.873. The number of aliphatic carboxylic acids is 1. The van der Waals surface area contributed by atoms with Crippen LogP contribution in [0.2, 0.25) is 0 Å². The Labute approximate surface area is 127 Å². The molecule has 112 valence electrons. The maximum atomic E-state index is 11.2. The van der Waals surface area contributed by atoms with Crippen LogP contribution in [0.3, 0.4) is 0 Å². The maximum Gasteiger partial charge on any atom is 0.362 e. The van der Waals surface area contributed by atoms with E-state index < -0.39 is 11.7 Å². The maximum absolute atomic E-state index is 11.2. The molecule has 0 radical (unpaired) electrons. The van der Waals surface area contributed by atoms with E-state index in [1.165, 1.54) is 4.68 Å². The lowest BCUT2D eigenvalue weighted by Crippen LogP contribution is -2.17. The highest BCUT2D eigenvalue weighted by molar-refractivity contribution is 7.09. The minimum atomic E-state index is -1.32. The lowest BCUT2D eigenvalue weighted by Gasteiger charge is -2.01. The number of carboxylic acid groups (broad SMARTS) is 1. The van der Waals surface area contributed by atoms with Crippen LogP contribution < -0.4 is 5.73 Å². The standard InChI is InChI=1S/C11H9N7O3S/c12-11-13-9(16-22-11)8(10(19)20)15-21-5-18-7-4-2-1-3-6(7)14-17-18/h1-4H,5H2,(H,19,20)(H2,12,13,16). The van der Waals surface area contributed by atoms with Crippen molar-refractivity contribution in [1.29, 1.82) is 0 Å². The van der Waals surface area contributed by atoms with Crippen molar-refractivity contribution in [3.8, 4) is 0 Å².